The maximum absolute atomic E-state index is 13.8. The molecule has 0 aliphatic heterocycles. The summed E-state index contributed by atoms with van der Waals surface area (Å²) in [5.74, 6) is -1.09. The van der Waals surface area contributed by atoms with Gasteiger partial charge in [-0.25, -0.2) is 4.39 Å². The molecule has 2 aromatic carbocycles. The maximum atomic E-state index is 13.8. The van der Waals surface area contributed by atoms with Gasteiger partial charge in [-0.05, 0) is 36.8 Å². The van der Waals surface area contributed by atoms with Gasteiger partial charge in [0.1, 0.15) is 5.82 Å². The second-order valence-electron chi connectivity index (χ2n) is 4.01. The molecule has 0 saturated carbocycles. The molecule has 0 aliphatic carbocycles. The minimum Gasteiger partial charge on any atom is -0.321 e. The molecule has 0 aromatic heterocycles. The van der Waals surface area contributed by atoms with Crippen LogP contribution in [0.25, 0.3) is 0 Å². The van der Waals surface area contributed by atoms with Gasteiger partial charge in [-0.1, -0.05) is 35.3 Å². The van der Waals surface area contributed by atoms with Gasteiger partial charge in [0.25, 0.3) is 5.91 Å². The number of rotatable bonds is 2. The lowest BCUT2D eigenvalue weighted by Gasteiger charge is -2.09. The molecule has 0 heterocycles. The largest absolute Gasteiger partial charge is 0.321 e. The van der Waals surface area contributed by atoms with Crippen LogP contribution in [0.2, 0.25) is 10.0 Å². The number of anilines is 1. The lowest BCUT2D eigenvalue weighted by Crippen LogP contribution is -2.14. The van der Waals surface area contributed by atoms with Crippen molar-refractivity contribution in [3.05, 3.63) is 63.4 Å². The molecule has 0 saturated heterocycles. The first-order chi connectivity index (χ1) is 8.99. The molecule has 5 heteroatoms. The van der Waals surface area contributed by atoms with E-state index in [0.717, 1.165) is 0 Å². The Kier molecular flexibility index (Phi) is 4.08. The van der Waals surface area contributed by atoms with Gasteiger partial charge in [-0.15, -0.1) is 0 Å². The van der Waals surface area contributed by atoms with E-state index in [0.29, 0.717) is 21.3 Å². The van der Waals surface area contributed by atoms with Crippen LogP contribution < -0.4 is 5.32 Å². The summed E-state index contributed by atoms with van der Waals surface area (Å²) in [6, 6.07) is 9.30. The van der Waals surface area contributed by atoms with Crippen molar-refractivity contribution in [3.8, 4) is 0 Å². The Hall–Kier alpha value is -1.58. The lowest BCUT2D eigenvalue weighted by molar-refractivity contribution is 0.102. The van der Waals surface area contributed by atoms with Crippen molar-refractivity contribution < 1.29 is 9.18 Å². The third-order valence-electron chi connectivity index (χ3n) is 2.62. The third kappa shape index (κ3) is 3.06. The molecule has 0 spiro atoms. The van der Waals surface area contributed by atoms with E-state index in [4.69, 9.17) is 23.2 Å². The first-order valence-corrected chi connectivity index (χ1v) is 6.26. The molecule has 19 heavy (non-hydrogen) atoms. The molecule has 0 atom stereocenters. The van der Waals surface area contributed by atoms with Crippen LogP contribution in [-0.2, 0) is 0 Å². The number of nitrogens with one attached hydrogen (secondary N) is 1. The summed E-state index contributed by atoms with van der Waals surface area (Å²) in [6.45, 7) is 1.60. The quantitative estimate of drug-likeness (QED) is 0.856. The summed E-state index contributed by atoms with van der Waals surface area (Å²) in [5, 5.41) is 3.31. The zero-order valence-electron chi connectivity index (χ0n) is 10.0. The Balaban J connectivity index is 2.28. The molecule has 2 aromatic rings. The van der Waals surface area contributed by atoms with E-state index < -0.39 is 11.7 Å². The smallest absolute Gasteiger partial charge is 0.258 e. The number of aryl methyl sites for hydroxylation is 1. The van der Waals surface area contributed by atoms with Gasteiger partial charge in [0, 0.05) is 5.02 Å². The number of hydrogen-bond donors (Lipinski definition) is 1. The number of halogens is 3. The van der Waals surface area contributed by atoms with Crippen LogP contribution in [0.1, 0.15) is 15.9 Å². The number of carbonyl (C=O) groups is 1. The zero-order valence-corrected chi connectivity index (χ0v) is 11.5. The summed E-state index contributed by atoms with van der Waals surface area (Å²) in [4.78, 5) is 12.0. The maximum Gasteiger partial charge on any atom is 0.258 e. The van der Waals surface area contributed by atoms with Crippen molar-refractivity contribution >= 4 is 34.8 Å². The fourth-order valence-corrected chi connectivity index (χ4v) is 2.06. The van der Waals surface area contributed by atoms with E-state index in [9.17, 15) is 9.18 Å². The Morgan fingerprint density at radius 3 is 2.63 bits per heavy atom. The Morgan fingerprint density at radius 1 is 1.21 bits per heavy atom. The first kappa shape index (κ1) is 13.8. The van der Waals surface area contributed by atoms with Crippen molar-refractivity contribution in [1.82, 2.24) is 0 Å². The molecule has 0 aliphatic rings. The predicted octanol–water partition coefficient (Wildman–Crippen LogP) is 4.69. The van der Waals surface area contributed by atoms with Crippen molar-refractivity contribution in [3.63, 3.8) is 0 Å². The van der Waals surface area contributed by atoms with Crippen LogP contribution in [0.4, 0.5) is 10.1 Å². The average Bonchev–Trinajstić information content (AvgIpc) is 2.36. The molecule has 98 valence electrons. The van der Waals surface area contributed by atoms with Crippen molar-refractivity contribution in [1.29, 1.82) is 0 Å². The fourth-order valence-electron chi connectivity index (χ4n) is 1.60. The standard InChI is InChI=1S/C14H10Cl2FNO/c1-8-3-2-4-10(13(8)17)14(19)18-12-6-5-9(15)7-11(12)16/h2-7H,1H3,(H,18,19). The van der Waals surface area contributed by atoms with Crippen molar-refractivity contribution in [2.45, 2.75) is 6.92 Å². The monoisotopic (exact) mass is 297 g/mol. The van der Waals surface area contributed by atoms with E-state index in [-0.39, 0.29) is 5.56 Å². The number of amides is 1. The highest BCUT2D eigenvalue weighted by atomic mass is 35.5. The van der Waals surface area contributed by atoms with Crippen molar-refractivity contribution in [2.75, 3.05) is 5.32 Å². The molecule has 2 nitrogen and oxygen atoms in total. The molecule has 1 amide bonds. The highest BCUT2D eigenvalue weighted by Crippen LogP contribution is 2.26. The summed E-state index contributed by atoms with van der Waals surface area (Å²) < 4.78 is 13.8. The van der Waals surface area contributed by atoms with Gasteiger partial charge >= 0.3 is 0 Å². The zero-order chi connectivity index (χ0) is 14.0. The topological polar surface area (TPSA) is 29.1 Å². The van der Waals surface area contributed by atoms with Crippen molar-refractivity contribution in [2.24, 2.45) is 0 Å². The van der Waals surface area contributed by atoms with Gasteiger partial charge in [0.05, 0.1) is 16.3 Å². The van der Waals surface area contributed by atoms with Crippen LogP contribution in [-0.4, -0.2) is 5.91 Å². The first-order valence-electron chi connectivity index (χ1n) is 5.50. The van der Waals surface area contributed by atoms with Crippen LogP contribution in [0.5, 0.6) is 0 Å². The number of benzene rings is 2. The van der Waals surface area contributed by atoms with Crippen LogP contribution >= 0.6 is 23.2 Å². The number of hydrogen-bond acceptors (Lipinski definition) is 1. The molecule has 0 fully saturated rings. The van der Waals surface area contributed by atoms with Gasteiger partial charge < -0.3 is 5.32 Å². The van der Waals surface area contributed by atoms with Crippen LogP contribution in [0.15, 0.2) is 36.4 Å². The van der Waals surface area contributed by atoms with Gasteiger partial charge in [0.2, 0.25) is 0 Å². The third-order valence-corrected chi connectivity index (χ3v) is 3.16. The van der Waals surface area contributed by atoms with E-state index in [1.807, 2.05) is 0 Å². The molecular weight excluding hydrogens is 288 g/mol. The predicted molar refractivity (Wildman–Crippen MR) is 75.6 cm³/mol. The molecular formula is C14H10Cl2FNO. The van der Waals surface area contributed by atoms with Crippen LogP contribution in [0.3, 0.4) is 0 Å². The molecule has 2 rings (SSSR count). The second-order valence-corrected chi connectivity index (χ2v) is 4.86. The summed E-state index contributed by atoms with van der Waals surface area (Å²) in [6.07, 6.45) is 0. The SMILES string of the molecule is Cc1cccc(C(=O)Nc2ccc(Cl)cc2Cl)c1F. The summed E-state index contributed by atoms with van der Waals surface area (Å²) >= 11 is 11.7. The van der Waals surface area contributed by atoms with E-state index in [1.165, 1.54) is 12.1 Å². The van der Waals surface area contributed by atoms with E-state index >= 15 is 0 Å². The normalized spacial score (nSPS) is 10.3. The Labute approximate surface area is 120 Å². The van der Waals surface area contributed by atoms with Gasteiger partial charge in [0.15, 0.2) is 0 Å². The molecule has 0 radical (unpaired) electrons. The average molecular weight is 298 g/mol. The molecule has 0 bridgehead atoms. The van der Waals surface area contributed by atoms with E-state index in [2.05, 4.69) is 5.32 Å². The molecule has 1 N–H and O–H groups in total. The minimum atomic E-state index is -0.551. The van der Waals surface area contributed by atoms with Crippen LogP contribution in [0, 0.1) is 12.7 Å². The fraction of sp³-hybridized carbons (Fsp3) is 0.0714. The lowest BCUT2D eigenvalue weighted by atomic mass is 10.1. The summed E-state index contributed by atoms with van der Waals surface area (Å²) in [5.41, 5.74) is 0.776. The minimum absolute atomic E-state index is 0.0222. The highest BCUT2D eigenvalue weighted by molar-refractivity contribution is 6.36. The Morgan fingerprint density at radius 2 is 1.95 bits per heavy atom. The highest BCUT2D eigenvalue weighted by Gasteiger charge is 2.14. The number of carbonyl (C=O) groups excluding carboxylic acids is 1. The van der Waals surface area contributed by atoms with Gasteiger partial charge in [-0.3, -0.25) is 4.79 Å². The second kappa shape index (κ2) is 5.59. The molecule has 0 unspecified atom stereocenters. The Bertz CT molecular complexity index is 643. The van der Waals surface area contributed by atoms with Gasteiger partial charge in [-0.2, -0.15) is 0 Å². The van der Waals surface area contributed by atoms with E-state index in [1.54, 1.807) is 31.2 Å². The summed E-state index contributed by atoms with van der Waals surface area (Å²) in [7, 11) is 0.